The van der Waals surface area contributed by atoms with Gasteiger partial charge in [-0.05, 0) is 19.3 Å². The highest BCUT2D eigenvalue weighted by Gasteiger charge is 2.02. The summed E-state index contributed by atoms with van der Waals surface area (Å²) in [7, 11) is 0. The third-order valence-corrected chi connectivity index (χ3v) is 3.52. The van der Waals surface area contributed by atoms with Crippen LogP contribution in [0.3, 0.4) is 0 Å². The first-order valence-corrected chi connectivity index (χ1v) is 8.48. The van der Waals surface area contributed by atoms with Crippen LogP contribution in [0, 0.1) is 0 Å². The van der Waals surface area contributed by atoms with Gasteiger partial charge in [-0.15, -0.1) is 0 Å². The van der Waals surface area contributed by atoms with E-state index >= 15 is 0 Å². The van der Waals surface area contributed by atoms with Crippen molar-refractivity contribution >= 4 is 0 Å². The van der Waals surface area contributed by atoms with Crippen molar-refractivity contribution in [1.29, 1.82) is 0 Å². The van der Waals surface area contributed by atoms with Crippen molar-refractivity contribution in [2.24, 2.45) is 0 Å². The Morgan fingerprint density at radius 1 is 0.850 bits per heavy atom. The zero-order valence-corrected chi connectivity index (χ0v) is 13.5. The van der Waals surface area contributed by atoms with Crippen LogP contribution < -0.4 is 0 Å². The molecule has 0 spiro atoms. The Morgan fingerprint density at radius 3 is 2.20 bits per heavy atom. The Hall–Kier alpha value is -0.600. The van der Waals surface area contributed by atoms with E-state index in [1.807, 2.05) is 12.2 Å². The van der Waals surface area contributed by atoms with E-state index in [1.165, 1.54) is 51.4 Å². The second-order valence-electron chi connectivity index (χ2n) is 5.51. The van der Waals surface area contributed by atoms with Crippen LogP contribution in [0.1, 0.15) is 84.5 Å². The molecule has 0 amide bonds. The Balaban J connectivity index is 3.52. The summed E-state index contributed by atoms with van der Waals surface area (Å²) >= 11 is 0. The van der Waals surface area contributed by atoms with E-state index in [-0.39, 0.29) is 6.10 Å². The lowest BCUT2D eigenvalue weighted by molar-refractivity contribution is -0.267. The van der Waals surface area contributed by atoms with E-state index in [2.05, 4.69) is 30.9 Å². The summed E-state index contributed by atoms with van der Waals surface area (Å²) in [6, 6.07) is 0. The quantitative estimate of drug-likeness (QED) is 0.176. The highest BCUT2D eigenvalue weighted by atomic mass is 17.1. The molecule has 0 saturated carbocycles. The fourth-order valence-corrected chi connectivity index (χ4v) is 2.18. The van der Waals surface area contributed by atoms with Crippen LogP contribution in [-0.4, -0.2) is 11.4 Å². The van der Waals surface area contributed by atoms with Gasteiger partial charge in [0.25, 0.3) is 0 Å². The molecule has 0 saturated heterocycles. The number of rotatable bonds is 14. The maximum atomic E-state index is 8.79. The molecule has 0 fully saturated rings. The summed E-state index contributed by atoms with van der Waals surface area (Å²) in [6.45, 7) is 4.43. The molecule has 0 aliphatic heterocycles. The molecular weight excluding hydrogens is 248 g/mol. The van der Waals surface area contributed by atoms with Crippen molar-refractivity contribution < 1.29 is 10.1 Å². The van der Waals surface area contributed by atoms with Crippen LogP contribution in [0.5, 0.6) is 0 Å². The summed E-state index contributed by atoms with van der Waals surface area (Å²) in [6.07, 6.45) is 21.7. The predicted octanol–water partition coefficient (Wildman–Crippen LogP) is 6.29. The van der Waals surface area contributed by atoms with Crippen LogP contribution in [0.2, 0.25) is 0 Å². The SMILES string of the molecule is CCCCCCCCC=CC=CC(CCCCC)OO. The van der Waals surface area contributed by atoms with Gasteiger partial charge in [-0.2, -0.15) is 0 Å². The van der Waals surface area contributed by atoms with Crippen molar-refractivity contribution in [3.63, 3.8) is 0 Å². The first-order valence-electron chi connectivity index (χ1n) is 8.48. The number of unbranched alkanes of at least 4 members (excludes halogenated alkanes) is 8. The van der Waals surface area contributed by atoms with Crippen molar-refractivity contribution in [2.45, 2.75) is 90.6 Å². The molecule has 0 aromatic heterocycles. The first-order chi connectivity index (χ1) is 9.85. The van der Waals surface area contributed by atoms with E-state index in [1.54, 1.807) is 0 Å². The van der Waals surface area contributed by atoms with Gasteiger partial charge < -0.3 is 0 Å². The van der Waals surface area contributed by atoms with Crippen molar-refractivity contribution in [3.05, 3.63) is 24.3 Å². The molecule has 2 nitrogen and oxygen atoms in total. The summed E-state index contributed by atoms with van der Waals surface area (Å²) in [4.78, 5) is 4.46. The summed E-state index contributed by atoms with van der Waals surface area (Å²) in [5.74, 6) is 0. The average molecular weight is 282 g/mol. The maximum Gasteiger partial charge on any atom is 0.111 e. The maximum absolute atomic E-state index is 8.79. The van der Waals surface area contributed by atoms with E-state index in [9.17, 15) is 0 Å². The molecule has 2 heteroatoms. The van der Waals surface area contributed by atoms with Crippen molar-refractivity contribution in [2.75, 3.05) is 0 Å². The van der Waals surface area contributed by atoms with Gasteiger partial charge in [0.05, 0.1) is 0 Å². The molecule has 0 heterocycles. The Kier molecular flexibility index (Phi) is 16.0. The summed E-state index contributed by atoms with van der Waals surface area (Å²) in [5.41, 5.74) is 0. The minimum Gasteiger partial charge on any atom is -0.251 e. The molecule has 20 heavy (non-hydrogen) atoms. The van der Waals surface area contributed by atoms with Crippen LogP contribution in [-0.2, 0) is 4.89 Å². The molecule has 1 atom stereocenters. The van der Waals surface area contributed by atoms with Gasteiger partial charge in [0.15, 0.2) is 0 Å². The second-order valence-corrected chi connectivity index (χ2v) is 5.51. The Bertz CT molecular complexity index is 234. The molecule has 1 N–H and O–H groups in total. The molecule has 1 unspecified atom stereocenters. The van der Waals surface area contributed by atoms with Crippen LogP contribution in [0.15, 0.2) is 24.3 Å². The van der Waals surface area contributed by atoms with Crippen molar-refractivity contribution in [3.8, 4) is 0 Å². The summed E-state index contributed by atoms with van der Waals surface area (Å²) in [5, 5.41) is 8.79. The molecule has 0 aliphatic rings. The Labute approximate surface area is 125 Å². The lowest BCUT2D eigenvalue weighted by atomic mass is 10.1. The van der Waals surface area contributed by atoms with Gasteiger partial charge in [-0.1, -0.05) is 89.5 Å². The fraction of sp³-hybridized carbons (Fsp3) is 0.778. The lowest BCUT2D eigenvalue weighted by Crippen LogP contribution is -2.06. The molecule has 118 valence electrons. The third-order valence-electron chi connectivity index (χ3n) is 3.52. The van der Waals surface area contributed by atoms with Gasteiger partial charge >= 0.3 is 0 Å². The lowest BCUT2D eigenvalue weighted by Gasteiger charge is -2.07. The smallest absolute Gasteiger partial charge is 0.111 e. The van der Waals surface area contributed by atoms with E-state index in [0.29, 0.717) is 0 Å². The number of allylic oxidation sites excluding steroid dienone is 3. The van der Waals surface area contributed by atoms with E-state index < -0.39 is 0 Å². The normalized spacial score (nSPS) is 13.6. The standard InChI is InChI=1S/C18H34O2/c1-3-5-7-8-9-10-11-12-13-15-17-18(20-19)16-14-6-4-2/h12-13,15,17-19H,3-11,14,16H2,1-2H3. The average Bonchev–Trinajstić information content (AvgIpc) is 2.47. The molecule has 0 aromatic rings. The zero-order valence-electron chi connectivity index (χ0n) is 13.5. The highest BCUT2D eigenvalue weighted by molar-refractivity contribution is 5.04. The largest absolute Gasteiger partial charge is 0.251 e. The topological polar surface area (TPSA) is 29.5 Å². The van der Waals surface area contributed by atoms with E-state index in [0.717, 1.165) is 19.3 Å². The van der Waals surface area contributed by atoms with Gasteiger partial charge in [-0.3, -0.25) is 5.26 Å². The minimum absolute atomic E-state index is 0.153. The first kappa shape index (κ1) is 19.4. The van der Waals surface area contributed by atoms with Crippen molar-refractivity contribution in [1.82, 2.24) is 0 Å². The fourth-order valence-electron chi connectivity index (χ4n) is 2.18. The summed E-state index contributed by atoms with van der Waals surface area (Å²) < 4.78 is 0. The van der Waals surface area contributed by atoms with Gasteiger partial charge in [0, 0.05) is 0 Å². The number of hydrogen-bond donors (Lipinski definition) is 1. The van der Waals surface area contributed by atoms with Crippen LogP contribution >= 0.6 is 0 Å². The number of hydrogen-bond acceptors (Lipinski definition) is 2. The van der Waals surface area contributed by atoms with E-state index in [4.69, 9.17) is 5.26 Å². The second kappa shape index (κ2) is 16.5. The van der Waals surface area contributed by atoms with Gasteiger partial charge in [-0.25, -0.2) is 4.89 Å². The molecular formula is C18H34O2. The third kappa shape index (κ3) is 13.8. The molecule has 0 radical (unpaired) electrons. The monoisotopic (exact) mass is 282 g/mol. The molecule has 0 bridgehead atoms. The minimum atomic E-state index is -0.153. The molecule has 0 aliphatic carbocycles. The Morgan fingerprint density at radius 2 is 1.50 bits per heavy atom. The molecule has 0 aromatic carbocycles. The predicted molar refractivity (Wildman–Crippen MR) is 87.9 cm³/mol. The van der Waals surface area contributed by atoms with Crippen LogP contribution in [0.4, 0.5) is 0 Å². The molecule has 0 rings (SSSR count). The van der Waals surface area contributed by atoms with Gasteiger partial charge in [0.1, 0.15) is 6.10 Å². The zero-order chi connectivity index (χ0) is 14.9. The van der Waals surface area contributed by atoms with Gasteiger partial charge in [0.2, 0.25) is 0 Å². The highest BCUT2D eigenvalue weighted by Crippen LogP contribution is 2.08. The van der Waals surface area contributed by atoms with Crippen LogP contribution in [0.25, 0.3) is 0 Å².